The second-order valence-electron chi connectivity index (χ2n) is 5.43. The van der Waals surface area contributed by atoms with Crippen LogP contribution in [0.4, 0.5) is 5.69 Å². The standard InChI is InChI=1S/C18H15N3O4/c1-11-3-8-15-19-9-14(17(23)21(15)10-11)16(22)20-13-6-4-12(5-7-13)18(24)25-2/h3-10H,1-2H3,(H,20,22). The van der Waals surface area contributed by atoms with Gasteiger partial charge in [0.15, 0.2) is 0 Å². The van der Waals surface area contributed by atoms with Crippen molar-refractivity contribution in [3.05, 3.63) is 75.8 Å². The first-order chi connectivity index (χ1) is 12.0. The molecule has 0 aliphatic carbocycles. The second-order valence-corrected chi connectivity index (χ2v) is 5.43. The van der Waals surface area contributed by atoms with Gasteiger partial charge in [-0.15, -0.1) is 0 Å². The van der Waals surface area contributed by atoms with Crippen LogP contribution < -0.4 is 10.9 Å². The van der Waals surface area contributed by atoms with E-state index in [1.807, 2.05) is 13.0 Å². The molecule has 2 heterocycles. The van der Waals surface area contributed by atoms with Gasteiger partial charge < -0.3 is 10.1 Å². The Morgan fingerprint density at radius 3 is 2.52 bits per heavy atom. The maximum absolute atomic E-state index is 12.5. The molecule has 0 atom stereocenters. The van der Waals surface area contributed by atoms with Gasteiger partial charge in [-0.25, -0.2) is 9.78 Å². The molecule has 0 spiro atoms. The summed E-state index contributed by atoms with van der Waals surface area (Å²) < 4.78 is 5.95. The van der Waals surface area contributed by atoms with Gasteiger partial charge in [0.2, 0.25) is 0 Å². The molecule has 0 saturated heterocycles. The first-order valence-electron chi connectivity index (χ1n) is 7.47. The van der Waals surface area contributed by atoms with Gasteiger partial charge in [-0.2, -0.15) is 0 Å². The topological polar surface area (TPSA) is 89.8 Å². The summed E-state index contributed by atoms with van der Waals surface area (Å²) in [7, 11) is 1.29. The number of carbonyl (C=O) groups excluding carboxylic acids is 2. The van der Waals surface area contributed by atoms with Crippen molar-refractivity contribution in [3.63, 3.8) is 0 Å². The van der Waals surface area contributed by atoms with Gasteiger partial charge >= 0.3 is 5.97 Å². The highest BCUT2D eigenvalue weighted by Crippen LogP contribution is 2.11. The van der Waals surface area contributed by atoms with Crippen LogP contribution in [0.5, 0.6) is 0 Å². The van der Waals surface area contributed by atoms with E-state index in [1.54, 1.807) is 24.4 Å². The smallest absolute Gasteiger partial charge is 0.337 e. The number of methoxy groups -OCH3 is 1. The minimum absolute atomic E-state index is 0.0693. The number of hydrogen-bond acceptors (Lipinski definition) is 5. The number of ether oxygens (including phenoxy) is 1. The van der Waals surface area contributed by atoms with Crippen molar-refractivity contribution >= 4 is 23.2 Å². The molecule has 7 heteroatoms. The minimum Gasteiger partial charge on any atom is -0.465 e. The quantitative estimate of drug-likeness (QED) is 0.739. The molecule has 1 N–H and O–H groups in total. The highest BCUT2D eigenvalue weighted by molar-refractivity contribution is 6.04. The number of pyridine rings is 1. The Hall–Kier alpha value is -3.48. The molecule has 25 heavy (non-hydrogen) atoms. The lowest BCUT2D eigenvalue weighted by molar-refractivity contribution is 0.0600. The number of rotatable bonds is 3. The number of amides is 1. The normalized spacial score (nSPS) is 10.5. The first kappa shape index (κ1) is 16.4. The molecule has 0 fully saturated rings. The molecule has 0 aliphatic rings. The molecule has 126 valence electrons. The monoisotopic (exact) mass is 337 g/mol. The maximum Gasteiger partial charge on any atom is 0.337 e. The van der Waals surface area contributed by atoms with E-state index in [2.05, 4.69) is 15.0 Å². The van der Waals surface area contributed by atoms with Gasteiger partial charge in [0.25, 0.3) is 11.5 Å². The van der Waals surface area contributed by atoms with Crippen molar-refractivity contribution < 1.29 is 14.3 Å². The number of esters is 1. The maximum atomic E-state index is 12.5. The molecule has 0 saturated carbocycles. The van der Waals surface area contributed by atoms with Crippen LogP contribution in [0, 0.1) is 6.92 Å². The molecular weight excluding hydrogens is 322 g/mol. The molecule has 0 unspecified atom stereocenters. The van der Waals surface area contributed by atoms with Crippen molar-refractivity contribution in [1.29, 1.82) is 0 Å². The number of hydrogen-bond donors (Lipinski definition) is 1. The molecule has 1 amide bonds. The summed E-state index contributed by atoms with van der Waals surface area (Å²) in [4.78, 5) is 40.4. The Morgan fingerprint density at radius 1 is 1.12 bits per heavy atom. The number of fused-ring (bicyclic) bond motifs is 1. The lowest BCUT2D eigenvalue weighted by atomic mass is 10.2. The van der Waals surface area contributed by atoms with E-state index in [4.69, 9.17) is 0 Å². The van der Waals surface area contributed by atoms with E-state index in [9.17, 15) is 14.4 Å². The minimum atomic E-state index is -0.570. The third-order valence-electron chi connectivity index (χ3n) is 3.66. The van der Waals surface area contributed by atoms with Gasteiger partial charge in [-0.05, 0) is 42.8 Å². The van der Waals surface area contributed by atoms with Crippen molar-refractivity contribution in [1.82, 2.24) is 9.38 Å². The van der Waals surface area contributed by atoms with E-state index in [0.29, 0.717) is 16.9 Å². The third-order valence-corrected chi connectivity index (χ3v) is 3.66. The Labute approximate surface area is 142 Å². The SMILES string of the molecule is COC(=O)c1ccc(NC(=O)c2cnc3ccc(C)cn3c2=O)cc1. The van der Waals surface area contributed by atoms with Crippen LogP contribution in [0.2, 0.25) is 0 Å². The van der Waals surface area contributed by atoms with E-state index >= 15 is 0 Å². The van der Waals surface area contributed by atoms with Crippen molar-refractivity contribution in [2.75, 3.05) is 12.4 Å². The van der Waals surface area contributed by atoms with Crippen LogP contribution in [-0.2, 0) is 4.74 Å². The summed E-state index contributed by atoms with van der Waals surface area (Å²) in [6.07, 6.45) is 2.89. The molecule has 7 nitrogen and oxygen atoms in total. The zero-order chi connectivity index (χ0) is 18.0. The lowest BCUT2D eigenvalue weighted by Gasteiger charge is -2.07. The van der Waals surface area contributed by atoms with E-state index < -0.39 is 17.4 Å². The summed E-state index contributed by atoms with van der Waals surface area (Å²) >= 11 is 0. The summed E-state index contributed by atoms with van der Waals surface area (Å²) in [5, 5.41) is 2.62. The van der Waals surface area contributed by atoms with Gasteiger partial charge in [0.1, 0.15) is 11.2 Å². The Kier molecular flexibility index (Phi) is 4.30. The molecule has 2 aromatic heterocycles. The van der Waals surface area contributed by atoms with Crippen molar-refractivity contribution in [2.45, 2.75) is 6.92 Å². The second kappa shape index (κ2) is 6.56. The number of benzene rings is 1. The van der Waals surface area contributed by atoms with Crippen molar-refractivity contribution in [2.24, 2.45) is 0 Å². The zero-order valence-corrected chi connectivity index (χ0v) is 13.6. The lowest BCUT2D eigenvalue weighted by Crippen LogP contribution is -2.26. The highest BCUT2D eigenvalue weighted by Gasteiger charge is 2.14. The predicted molar refractivity (Wildman–Crippen MR) is 91.9 cm³/mol. The first-order valence-corrected chi connectivity index (χ1v) is 7.47. The van der Waals surface area contributed by atoms with Crippen LogP contribution >= 0.6 is 0 Å². The van der Waals surface area contributed by atoms with Gasteiger partial charge in [-0.3, -0.25) is 14.0 Å². The van der Waals surface area contributed by atoms with Gasteiger partial charge in [-0.1, -0.05) is 6.07 Å². The Balaban J connectivity index is 1.88. The number of aryl methyl sites for hydroxylation is 1. The Morgan fingerprint density at radius 2 is 1.84 bits per heavy atom. The zero-order valence-electron chi connectivity index (χ0n) is 13.6. The van der Waals surface area contributed by atoms with Crippen LogP contribution in [-0.4, -0.2) is 28.4 Å². The third kappa shape index (κ3) is 3.25. The molecule has 0 bridgehead atoms. The summed E-state index contributed by atoms with van der Waals surface area (Å²) in [6.45, 7) is 1.85. The van der Waals surface area contributed by atoms with E-state index in [-0.39, 0.29) is 5.56 Å². The molecule has 0 aliphatic heterocycles. The Bertz CT molecular complexity index is 1020. The summed E-state index contributed by atoms with van der Waals surface area (Å²) in [5.74, 6) is -1.04. The van der Waals surface area contributed by atoms with Crippen LogP contribution in [0.1, 0.15) is 26.3 Å². The van der Waals surface area contributed by atoms with Crippen LogP contribution in [0.25, 0.3) is 5.65 Å². The van der Waals surface area contributed by atoms with Gasteiger partial charge in [0.05, 0.1) is 12.7 Å². The predicted octanol–water partition coefficient (Wildman–Crippen LogP) is 2.04. The average molecular weight is 337 g/mol. The summed E-state index contributed by atoms with van der Waals surface area (Å²) in [6, 6.07) is 9.71. The average Bonchev–Trinajstić information content (AvgIpc) is 2.62. The molecule has 3 aromatic rings. The molecular formula is C18H15N3O4. The summed E-state index contributed by atoms with van der Waals surface area (Å²) in [5.41, 5.74) is 1.65. The van der Waals surface area contributed by atoms with Crippen LogP contribution in [0.3, 0.4) is 0 Å². The number of carbonyl (C=O) groups is 2. The van der Waals surface area contributed by atoms with Crippen LogP contribution in [0.15, 0.2) is 53.6 Å². The van der Waals surface area contributed by atoms with E-state index in [1.165, 1.54) is 29.8 Å². The highest BCUT2D eigenvalue weighted by atomic mass is 16.5. The molecule has 1 aromatic carbocycles. The number of nitrogens with zero attached hydrogens (tertiary/aromatic N) is 2. The largest absolute Gasteiger partial charge is 0.465 e. The fraction of sp³-hybridized carbons (Fsp3) is 0.111. The fourth-order valence-electron chi connectivity index (χ4n) is 2.34. The number of anilines is 1. The molecule has 0 radical (unpaired) electrons. The number of aromatic nitrogens is 2. The molecule has 3 rings (SSSR count). The van der Waals surface area contributed by atoms with Crippen molar-refractivity contribution in [3.8, 4) is 0 Å². The fourth-order valence-corrected chi connectivity index (χ4v) is 2.34. The van der Waals surface area contributed by atoms with Gasteiger partial charge in [0, 0.05) is 18.1 Å². The van der Waals surface area contributed by atoms with E-state index in [0.717, 1.165) is 5.56 Å². The number of nitrogens with one attached hydrogen (secondary N) is 1.